The Labute approximate surface area is 90.9 Å². The summed E-state index contributed by atoms with van der Waals surface area (Å²) in [6.45, 7) is 0.666. The first-order valence-electron chi connectivity index (χ1n) is 5.63. The normalized spacial score (nSPS) is 24.7. The monoisotopic (exact) mass is 206 g/mol. The van der Waals surface area contributed by atoms with Gasteiger partial charge in [0.05, 0.1) is 18.2 Å². The van der Waals surface area contributed by atoms with E-state index in [9.17, 15) is 0 Å². The van der Waals surface area contributed by atoms with Crippen molar-refractivity contribution in [2.45, 2.75) is 38.1 Å². The van der Waals surface area contributed by atoms with Gasteiger partial charge in [-0.05, 0) is 12.8 Å². The lowest BCUT2D eigenvalue weighted by atomic mass is 9.95. The highest BCUT2D eigenvalue weighted by Gasteiger charge is 2.31. The molecule has 0 saturated heterocycles. The van der Waals surface area contributed by atoms with Crippen molar-refractivity contribution >= 4 is 0 Å². The fourth-order valence-electron chi connectivity index (χ4n) is 2.60. The van der Waals surface area contributed by atoms with Gasteiger partial charge >= 0.3 is 0 Å². The van der Waals surface area contributed by atoms with Crippen LogP contribution in [0.15, 0.2) is 11.4 Å². The van der Waals surface area contributed by atoms with Gasteiger partial charge in [-0.3, -0.25) is 5.01 Å². The Morgan fingerprint density at radius 1 is 1.33 bits per heavy atom. The Balaban J connectivity index is 2.14. The van der Waals surface area contributed by atoms with E-state index in [0.29, 0.717) is 24.0 Å². The smallest absolute Gasteiger partial charge is 0.129 e. The molecule has 2 aliphatic rings. The van der Waals surface area contributed by atoms with Crippen molar-refractivity contribution < 1.29 is 0 Å². The lowest BCUT2D eigenvalue weighted by Gasteiger charge is -2.37. The fourth-order valence-corrected chi connectivity index (χ4v) is 2.60. The largest absolute Gasteiger partial charge is 0.383 e. The van der Waals surface area contributed by atoms with Crippen LogP contribution in [0.25, 0.3) is 0 Å². The third-order valence-corrected chi connectivity index (χ3v) is 3.37. The second-order valence-electron chi connectivity index (χ2n) is 4.43. The molecular weight excluding hydrogens is 188 g/mol. The van der Waals surface area contributed by atoms with Crippen LogP contribution < -0.4 is 5.73 Å². The van der Waals surface area contributed by atoms with Gasteiger partial charge in [0, 0.05) is 13.1 Å². The SMILES string of the molecule is CN1CC(C#N)=C(N)N1C1CCCCC1. The van der Waals surface area contributed by atoms with Crippen molar-refractivity contribution in [1.82, 2.24) is 10.0 Å². The molecule has 15 heavy (non-hydrogen) atoms. The predicted octanol–water partition coefficient (Wildman–Crippen LogP) is 1.18. The summed E-state index contributed by atoms with van der Waals surface area (Å²) in [5.74, 6) is 0.673. The van der Waals surface area contributed by atoms with Crippen LogP contribution in [0.1, 0.15) is 32.1 Å². The Kier molecular flexibility index (Phi) is 2.83. The zero-order valence-corrected chi connectivity index (χ0v) is 9.24. The van der Waals surface area contributed by atoms with Gasteiger partial charge in [0.25, 0.3) is 0 Å². The number of hydrazine groups is 1. The second kappa shape index (κ2) is 4.11. The summed E-state index contributed by atoms with van der Waals surface area (Å²) in [6.07, 6.45) is 6.30. The second-order valence-corrected chi connectivity index (χ2v) is 4.43. The van der Waals surface area contributed by atoms with Crippen molar-refractivity contribution in [2.24, 2.45) is 5.73 Å². The molecule has 4 nitrogen and oxygen atoms in total. The first-order valence-corrected chi connectivity index (χ1v) is 5.63. The Bertz CT molecular complexity index is 309. The van der Waals surface area contributed by atoms with E-state index >= 15 is 0 Å². The molecular formula is C11H18N4. The number of hydrogen-bond acceptors (Lipinski definition) is 4. The zero-order valence-electron chi connectivity index (χ0n) is 9.24. The van der Waals surface area contributed by atoms with Crippen molar-refractivity contribution in [3.63, 3.8) is 0 Å². The molecule has 82 valence electrons. The van der Waals surface area contributed by atoms with Crippen LogP contribution >= 0.6 is 0 Å². The number of hydrogen-bond donors (Lipinski definition) is 1. The maximum Gasteiger partial charge on any atom is 0.129 e. The molecule has 0 bridgehead atoms. The molecule has 0 spiro atoms. The molecule has 1 fully saturated rings. The van der Waals surface area contributed by atoms with Gasteiger partial charge in [-0.1, -0.05) is 19.3 Å². The van der Waals surface area contributed by atoms with Gasteiger partial charge in [0.1, 0.15) is 5.82 Å². The van der Waals surface area contributed by atoms with Gasteiger partial charge in [-0.15, -0.1) is 0 Å². The van der Waals surface area contributed by atoms with E-state index < -0.39 is 0 Å². The van der Waals surface area contributed by atoms with Gasteiger partial charge < -0.3 is 5.73 Å². The Hall–Kier alpha value is -1.21. The molecule has 0 amide bonds. The minimum Gasteiger partial charge on any atom is -0.383 e. The fraction of sp³-hybridized carbons (Fsp3) is 0.727. The molecule has 1 saturated carbocycles. The molecule has 0 aromatic rings. The van der Waals surface area contributed by atoms with Crippen LogP contribution in [-0.2, 0) is 0 Å². The molecule has 0 atom stereocenters. The van der Waals surface area contributed by atoms with E-state index in [4.69, 9.17) is 11.0 Å². The summed E-state index contributed by atoms with van der Waals surface area (Å²) >= 11 is 0. The topological polar surface area (TPSA) is 56.3 Å². The van der Waals surface area contributed by atoms with Crippen molar-refractivity contribution in [1.29, 1.82) is 5.26 Å². The van der Waals surface area contributed by atoms with E-state index in [1.165, 1.54) is 32.1 Å². The number of rotatable bonds is 1. The van der Waals surface area contributed by atoms with Crippen LogP contribution in [0.5, 0.6) is 0 Å². The number of nitrogens with two attached hydrogens (primary N) is 1. The highest BCUT2D eigenvalue weighted by atomic mass is 15.7. The quantitative estimate of drug-likeness (QED) is 0.700. The van der Waals surface area contributed by atoms with Crippen molar-refractivity contribution in [3.8, 4) is 6.07 Å². The summed E-state index contributed by atoms with van der Waals surface area (Å²) < 4.78 is 0. The van der Waals surface area contributed by atoms with E-state index in [2.05, 4.69) is 16.1 Å². The molecule has 1 heterocycles. The summed E-state index contributed by atoms with van der Waals surface area (Å²) in [6, 6.07) is 2.69. The van der Waals surface area contributed by atoms with Crippen molar-refractivity contribution in [2.75, 3.05) is 13.6 Å². The highest BCUT2D eigenvalue weighted by Crippen LogP contribution is 2.29. The minimum atomic E-state index is 0.509. The zero-order chi connectivity index (χ0) is 10.8. The standard InChI is InChI=1S/C11H18N4/c1-14-8-9(7-12)11(13)15(14)10-5-3-2-4-6-10/h10H,2-6,8,13H2,1H3. The van der Waals surface area contributed by atoms with Gasteiger partial charge in [0.15, 0.2) is 0 Å². The molecule has 4 heteroatoms. The van der Waals surface area contributed by atoms with Crippen LogP contribution in [0.2, 0.25) is 0 Å². The predicted molar refractivity (Wildman–Crippen MR) is 58.2 cm³/mol. The first-order chi connectivity index (χ1) is 7.24. The molecule has 0 radical (unpaired) electrons. The molecule has 1 aliphatic heterocycles. The van der Waals surface area contributed by atoms with Gasteiger partial charge in [0.2, 0.25) is 0 Å². The lowest BCUT2D eigenvalue weighted by Crippen LogP contribution is -2.45. The molecule has 1 aliphatic carbocycles. The third kappa shape index (κ3) is 1.80. The summed E-state index contributed by atoms with van der Waals surface area (Å²) in [4.78, 5) is 0. The van der Waals surface area contributed by atoms with Crippen LogP contribution in [0.3, 0.4) is 0 Å². The maximum atomic E-state index is 8.93. The average molecular weight is 206 g/mol. The van der Waals surface area contributed by atoms with Crippen LogP contribution in [0, 0.1) is 11.3 Å². The van der Waals surface area contributed by atoms with E-state index in [1.54, 1.807) is 0 Å². The average Bonchev–Trinajstić information content (AvgIpc) is 2.55. The van der Waals surface area contributed by atoms with Gasteiger partial charge in [-0.25, -0.2) is 5.01 Å². The minimum absolute atomic E-state index is 0.509. The van der Waals surface area contributed by atoms with Crippen molar-refractivity contribution in [3.05, 3.63) is 11.4 Å². The Morgan fingerprint density at radius 3 is 2.53 bits per heavy atom. The summed E-state index contributed by atoms with van der Waals surface area (Å²) in [7, 11) is 2.01. The van der Waals surface area contributed by atoms with E-state index in [1.807, 2.05) is 7.05 Å². The molecule has 0 unspecified atom stereocenters. The highest BCUT2D eigenvalue weighted by molar-refractivity contribution is 5.30. The number of nitriles is 1. The Morgan fingerprint density at radius 2 is 2.00 bits per heavy atom. The molecule has 0 aromatic carbocycles. The molecule has 0 aromatic heterocycles. The molecule has 2 N–H and O–H groups in total. The first kappa shape index (κ1) is 10.3. The van der Waals surface area contributed by atoms with Crippen LogP contribution in [-0.4, -0.2) is 29.7 Å². The van der Waals surface area contributed by atoms with E-state index in [-0.39, 0.29) is 0 Å². The summed E-state index contributed by atoms with van der Waals surface area (Å²) in [5.41, 5.74) is 6.71. The van der Waals surface area contributed by atoms with E-state index in [0.717, 1.165) is 0 Å². The third-order valence-electron chi connectivity index (χ3n) is 3.37. The lowest BCUT2D eigenvalue weighted by molar-refractivity contribution is 0.00765. The number of nitrogens with zero attached hydrogens (tertiary/aromatic N) is 3. The van der Waals surface area contributed by atoms with Crippen LogP contribution in [0.4, 0.5) is 0 Å². The van der Waals surface area contributed by atoms with Gasteiger partial charge in [-0.2, -0.15) is 5.26 Å². The maximum absolute atomic E-state index is 8.93. The number of likely N-dealkylation sites (N-methyl/N-ethyl adjacent to an activating group) is 1. The summed E-state index contributed by atoms with van der Waals surface area (Å²) in [5, 5.41) is 13.1. The molecule has 2 rings (SSSR count).